The van der Waals surface area contributed by atoms with E-state index in [9.17, 15) is 4.79 Å². The summed E-state index contributed by atoms with van der Waals surface area (Å²) in [6.07, 6.45) is 1.80. The minimum Gasteiger partial charge on any atom is -0.497 e. The minimum atomic E-state index is -0.130. The van der Waals surface area contributed by atoms with Gasteiger partial charge in [0.15, 0.2) is 5.65 Å². The van der Waals surface area contributed by atoms with Crippen LogP contribution in [0, 0.1) is 5.92 Å². The third-order valence-corrected chi connectivity index (χ3v) is 5.07. The second-order valence-electron chi connectivity index (χ2n) is 7.61. The highest BCUT2D eigenvalue weighted by molar-refractivity contribution is 5.91. The number of nitrogens with zero attached hydrogens (tertiary/aromatic N) is 3. The van der Waals surface area contributed by atoms with E-state index in [1.807, 2.05) is 54.6 Å². The fraction of sp³-hybridized carbons (Fsp3) is 0.250. The van der Waals surface area contributed by atoms with Gasteiger partial charge in [0.1, 0.15) is 11.5 Å². The van der Waals surface area contributed by atoms with E-state index >= 15 is 0 Å². The Morgan fingerprint density at radius 2 is 1.43 bits per heavy atom. The molecule has 4 rings (SSSR count). The summed E-state index contributed by atoms with van der Waals surface area (Å²) in [6.45, 7) is 4.72. The maximum atomic E-state index is 12.9. The second-order valence-corrected chi connectivity index (χ2v) is 7.61. The number of pyridine rings is 1. The standard InChI is InChI=1S/C24H25N3O3/c1-16(2)15-27-24(28)26-14-13-21(17-5-9-19(29-3)10-6-17)22(23(26)25-27)18-7-11-20(30-4)12-8-18/h5-14,16H,15H2,1-4H3. The highest BCUT2D eigenvalue weighted by Gasteiger charge is 2.18. The van der Waals surface area contributed by atoms with E-state index in [0.717, 1.165) is 33.8 Å². The molecule has 0 aliphatic rings. The second kappa shape index (κ2) is 8.06. The Labute approximate surface area is 175 Å². The molecular formula is C24H25N3O3. The molecule has 30 heavy (non-hydrogen) atoms. The van der Waals surface area contributed by atoms with Crippen LogP contribution in [0.15, 0.2) is 65.6 Å². The molecular weight excluding hydrogens is 378 g/mol. The van der Waals surface area contributed by atoms with E-state index in [1.54, 1.807) is 29.5 Å². The molecule has 0 aliphatic carbocycles. The van der Waals surface area contributed by atoms with Crippen molar-refractivity contribution in [3.8, 4) is 33.8 Å². The van der Waals surface area contributed by atoms with Gasteiger partial charge in [-0.25, -0.2) is 13.9 Å². The summed E-state index contributed by atoms with van der Waals surface area (Å²) in [6, 6.07) is 17.7. The lowest BCUT2D eigenvalue weighted by Gasteiger charge is -2.12. The summed E-state index contributed by atoms with van der Waals surface area (Å²) in [5, 5.41) is 4.70. The Morgan fingerprint density at radius 1 is 0.867 bits per heavy atom. The van der Waals surface area contributed by atoms with Crippen molar-refractivity contribution in [1.82, 2.24) is 14.2 Å². The molecule has 0 unspecified atom stereocenters. The molecule has 0 spiro atoms. The Hall–Kier alpha value is -3.54. The van der Waals surface area contributed by atoms with Gasteiger partial charge >= 0.3 is 5.69 Å². The number of methoxy groups -OCH3 is 2. The Bertz CT molecular complexity index is 1220. The summed E-state index contributed by atoms with van der Waals surface area (Å²) in [4.78, 5) is 12.9. The van der Waals surface area contributed by atoms with E-state index in [1.165, 1.54) is 0 Å². The Balaban J connectivity index is 1.98. The van der Waals surface area contributed by atoms with Crippen LogP contribution in [0.25, 0.3) is 27.9 Å². The average molecular weight is 403 g/mol. The van der Waals surface area contributed by atoms with Gasteiger partial charge < -0.3 is 9.47 Å². The van der Waals surface area contributed by atoms with Crippen molar-refractivity contribution in [2.75, 3.05) is 14.2 Å². The lowest BCUT2D eigenvalue weighted by atomic mass is 9.95. The van der Waals surface area contributed by atoms with E-state index < -0.39 is 0 Å². The van der Waals surface area contributed by atoms with Gasteiger partial charge in [-0.3, -0.25) is 0 Å². The van der Waals surface area contributed by atoms with Gasteiger partial charge in [0.05, 0.1) is 14.2 Å². The van der Waals surface area contributed by atoms with Gasteiger partial charge in [-0.1, -0.05) is 38.1 Å². The number of ether oxygens (including phenoxy) is 2. The van der Waals surface area contributed by atoms with Crippen LogP contribution in [-0.2, 0) is 6.54 Å². The highest BCUT2D eigenvalue weighted by Crippen LogP contribution is 2.36. The van der Waals surface area contributed by atoms with Crippen molar-refractivity contribution in [1.29, 1.82) is 0 Å². The predicted octanol–water partition coefficient (Wildman–Crippen LogP) is 4.50. The molecule has 6 heteroatoms. The normalized spacial score (nSPS) is 11.2. The first-order valence-corrected chi connectivity index (χ1v) is 9.93. The molecule has 0 atom stereocenters. The number of fused-ring (bicyclic) bond motifs is 1. The van der Waals surface area contributed by atoms with Gasteiger partial charge in [-0.05, 0) is 52.9 Å². The fourth-order valence-electron chi connectivity index (χ4n) is 3.60. The lowest BCUT2D eigenvalue weighted by Crippen LogP contribution is -2.23. The molecule has 2 heterocycles. The quantitative estimate of drug-likeness (QED) is 0.476. The maximum absolute atomic E-state index is 12.9. The molecule has 0 radical (unpaired) electrons. The monoisotopic (exact) mass is 403 g/mol. The number of rotatable bonds is 6. The number of hydrogen-bond acceptors (Lipinski definition) is 4. The molecule has 6 nitrogen and oxygen atoms in total. The molecule has 154 valence electrons. The molecule has 0 aliphatic heterocycles. The molecule has 0 saturated carbocycles. The van der Waals surface area contributed by atoms with E-state index in [2.05, 4.69) is 13.8 Å². The molecule has 2 aromatic heterocycles. The summed E-state index contributed by atoms with van der Waals surface area (Å²) in [7, 11) is 3.29. The maximum Gasteiger partial charge on any atom is 0.350 e. The van der Waals surface area contributed by atoms with E-state index in [4.69, 9.17) is 14.6 Å². The predicted molar refractivity (Wildman–Crippen MR) is 118 cm³/mol. The number of aromatic nitrogens is 3. The third kappa shape index (κ3) is 3.56. The highest BCUT2D eigenvalue weighted by atomic mass is 16.5. The zero-order valence-electron chi connectivity index (χ0n) is 17.6. The Kier molecular flexibility index (Phi) is 5.31. The van der Waals surface area contributed by atoms with Crippen LogP contribution in [-0.4, -0.2) is 28.4 Å². The van der Waals surface area contributed by atoms with Crippen LogP contribution in [0.1, 0.15) is 13.8 Å². The number of hydrogen-bond donors (Lipinski definition) is 0. The molecule has 2 aromatic carbocycles. The molecule has 0 fully saturated rings. The average Bonchev–Trinajstić information content (AvgIpc) is 3.08. The van der Waals surface area contributed by atoms with Crippen LogP contribution in [0.5, 0.6) is 11.5 Å². The van der Waals surface area contributed by atoms with Crippen molar-refractivity contribution in [2.24, 2.45) is 5.92 Å². The Morgan fingerprint density at radius 3 is 1.97 bits per heavy atom. The first kappa shape index (κ1) is 19.8. The van der Waals surface area contributed by atoms with E-state index in [0.29, 0.717) is 18.1 Å². The molecule has 0 saturated heterocycles. The summed E-state index contributed by atoms with van der Waals surface area (Å²) in [5.74, 6) is 1.89. The summed E-state index contributed by atoms with van der Waals surface area (Å²) in [5.41, 5.74) is 4.40. The zero-order chi connectivity index (χ0) is 21.3. The van der Waals surface area contributed by atoms with Crippen LogP contribution in [0.4, 0.5) is 0 Å². The fourth-order valence-corrected chi connectivity index (χ4v) is 3.60. The SMILES string of the molecule is COc1ccc(-c2ccn3c(=O)n(CC(C)C)nc3c2-c2ccc(OC)cc2)cc1. The zero-order valence-corrected chi connectivity index (χ0v) is 17.6. The first-order valence-electron chi connectivity index (χ1n) is 9.93. The van der Waals surface area contributed by atoms with Crippen LogP contribution in [0.3, 0.4) is 0 Å². The van der Waals surface area contributed by atoms with Gasteiger partial charge in [0.2, 0.25) is 0 Å². The smallest absolute Gasteiger partial charge is 0.350 e. The summed E-state index contributed by atoms with van der Waals surface area (Å²) < 4.78 is 13.8. The van der Waals surface area contributed by atoms with Crippen LogP contribution in [0.2, 0.25) is 0 Å². The van der Waals surface area contributed by atoms with E-state index in [-0.39, 0.29) is 5.69 Å². The van der Waals surface area contributed by atoms with Crippen molar-refractivity contribution < 1.29 is 9.47 Å². The third-order valence-electron chi connectivity index (χ3n) is 5.07. The van der Waals surface area contributed by atoms with Gasteiger partial charge in [-0.15, -0.1) is 5.10 Å². The number of benzene rings is 2. The first-order chi connectivity index (χ1) is 14.5. The minimum absolute atomic E-state index is 0.130. The molecule has 0 N–H and O–H groups in total. The van der Waals surface area contributed by atoms with Gasteiger partial charge in [0, 0.05) is 18.3 Å². The van der Waals surface area contributed by atoms with Crippen LogP contribution < -0.4 is 15.2 Å². The van der Waals surface area contributed by atoms with Crippen molar-refractivity contribution in [3.63, 3.8) is 0 Å². The van der Waals surface area contributed by atoms with Gasteiger partial charge in [0.25, 0.3) is 0 Å². The lowest BCUT2D eigenvalue weighted by molar-refractivity contribution is 0.414. The molecule has 0 amide bonds. The van der Waals surface area contributed by atoms with Gasteiger partial charge in [-0.2, -0.15) is 0 Å². The summed E-state index contributed by atoms with van der Waals surface area (Å²) >= 11 is 0. The van der Waals surface area contributed by atoms with Crippen molar-refractivity contribution in [3.05, 3.63) is 71.3 Å². The van der Waals surface area contributed by atoms with Crippen LogP contribution >= 0.6 is 0 Å². The largest absolute Gasteiger partial charge is 0.497 e. The van der Waals surface area contributed by atoms with Crippen molar-refractivity contribution in [2.45, 2.75) is 20.4 Å². The molecule has 4 aromatic rings. The van der Waals surface area contributed by atoms with Crippen molar-refractivity contribution >= 4 is 5.65 Å². The molecule has 0 bridgehead atoms. The topological polar surface area (TPSA) is 57.8 Å².